The Morgan fingerprint density at radius 2 is 1.46 bits per heavy atom. The van der Waals surface area contributed by atoms with Crippen LogP contribution in [-0.2, 0) is 4.79 Å². The number of carbonyl (C=O) groups is 2. The highest BCUT2D eigenvalue weighted by atomic mass is 16.5. The lowest BCUT2D eigenvalue weighted by molar-refractivity contribution is -0.131. The van der Waals surface area contributed by atoms with E-state index >= 15 is 0 Å². The van der Waals surface area contributed by atoms with Gasteiger partial charge >= 0.3 is 5.97 Å². The SMILES string of the molecule is C=C(NC1CCCCC1)C(C1CCCCC1)N(C(=O)c1ccccc1OC(C)=O)C1CCCCC1. The van der Waals surface area contributed by atoms with Crippen molar-refractivity contribution in [2.45, 2.75) is 121 Å². The van der Waals surface area contributed by atoms with Gasteiger partial charge in [-0.25, -0.2) is 0 Å². The van der Waals surface area contributed by atoms with E-state index in [9.17, 15) is 9.59 Å². The van der Waals surface area contributed by atoms with Crippen molar-refractivity contribution in [3.05, 3.63) is 42.1 Å². The van der Waals surface area contributed by atoms with Crippen LogP contribution >= 0.6 is 0 Å². The smallest absolute Gasteiger partial charge is 0.308 e. The van der Waals surface area contributed by atoms with E-state index in [0.717, 1.165) is 44.2 Å². The Bertz CT molecular complexity index is 864. The van der Waals surface area contributed by atoms with Crippen molar-refractivity contribution in [1.29, 1.82) is 0 Å². The number of rotatable bonds is 8. The van der Waals surface area contributed by atoms with E-state index in [1.165, 1.54) is 64.7 Å². The number of esters is 1. The Morgan fingerprint density at radius 3 is 2.09 bits per heavy atom. The van der Waals surface area contributed by atoms with Gasteiger partial charge in [-0.05, 0) is 56.6 Å². The lowest BCUT2D eigenvalue weighted by Crippen LogP contribution is -2.54. The van der Waals surface area contributed by atoms with Gasteiger partial charge in [0.25, 0.3) is 5.91 Å². The van der Waals surface area contributed by atoms with Crippen molar-refractivity contribution in [2.24, 2.45) is 5.92 Å². The highest BCUT2D eigenvalue weighted by molar-refractivity contribution is 5.98. The van der Waals surface area contributed by atoms with Gasteiger partial charge in [0.2, 0.25) is 0 Å². The van der Waals surface area contributed by atoms with Crippen LogP contribution in [0.4, 0.5) is 0 Å². The lowest BCUT2D eigenvalue weighted by atomic mass is 9.80. The second-order valence-electron chi connectivity index (χ2n) is 10.9. The fourth-order valence-corrected chi connectivity index (χ4v) is 6.63. The number of nitrogens with one attached hydrogen (secondary N) is 1. The molecule has 192 valence electrons. The molecule has 0 bridgehead atoms. The lowest BCUT2D eigenvalue weighted by Gasteiger charge is -2.46. The maximum absolute atomic E-state index is 14.4. The van der Waals surface area contributed by atoms with Gasteiger partial charge in [-0.2, -0.15) is 0 Å². The molecule has 1 amide bonds. The fourth-order valence-electron chi connectivity index (χ4n) is 6.63. The van der Waals surface area contributed by atoms with Crippen molar-refractivity contribution < 1.29 is 14.3 Å². The van der Waals surface area contributed by atoms with Crippen LogP contribution in [0.5, 0.6) is 5.75 Å². The topological polar surface area (TPSA) is 58.6 Å². The molecule has 5 heteroatoms. The molecule has 3 aliphatic rings. The molecule has 5 nitrogen and oxygen atoms in total. The Morgan fingerprint density at radius 1 is 0.886 bits per heavy atom. The molecule has 0 heterocycles. The van der Waals surface area contributed by atoms with Crippen LogP contribution in [0, 0.1) is 5.92 Å². The normalized spacial score (nSPS) is 21.2. The minimum atomic E-state index is -0.401. The molecule has 3 saturated carbocycles. The zero-order chi connectivity index (χ0) is 24.6. The minimum absolute atomic E-state index is 0.0177. The average molecular weight is 481 g/mol. The molecule has 3 aliphatic carbocycles. The second-order valence-corrected chi connectivity index (χ2v) is 10.9. The standard InChI is InChI=1S/C30H44N2O3/c1-22(31-25-16-8-4-9-17-25)29(24-14-6-3-7-15-24)32(26-18-10-5-11-19-26)30(34)27-20-12-13-21-28(27)35-23(2)33/h12-13,20-21,24-26,29,31H,1,3-11,14-19H2,2H3. The molecular formula is C30H44N2O3. The fraction of sp³-hybridized carbons (Fsp3) is 0.667. The van der Waals surface area contributed by atoms with Crippen molar-refractivity contribution in [3.63, 3.8) is 0 Å². The monoisotopic (exact) mass is 480 g/mol. The van der Waals surface area contributed by atoms with Crippen molar-refractivity contribution >= 4 is 11.9 Å². The minimum Gasteiger partial charge on any atom is -0.426 e. The van der Waals surface area contributed by atoms with Crippen LogP contribution in [-0.4, -0.2) is 34.9 Å². The molecule has 0 saturated heterocycles. The molecule has 3 fully saturated rings. The summed E-state index contributed by atoms with van der Waals surface area (Å²) in [5.41, 5.74) is 1.51. The van der Waals surface area contributed by atoms with Crippen LogP contribution in [0.15, 0.2) is 36.5 Å². The summed E-state index contributed by atoms with van der Waals surface area (Å²) in [5, 5.41) is 3.82. The number of amides is 1. The predicted octanol–water partition coefficient (Wildman–Crippen LogP) is 6.77. The summed E-state index contributed by atoms with van der Waals surface area (Å²) in [6.45, 7) is 5.99. The van der Waals surface area contributed by atoms with E-state index in [1.807, 2.05) is 18.2 Å². The van der Waals surface area contributed by atoms with E-state index < -0.39 is 5.97 Å². The number of para-hydroxylation sites is 1. The summed E-state index contributed by atoms with van der Waals surface area (Å²) in [5.74, 6) is 0.357. The molecule has 1 aromatic carbocycles. The summed E-state index contributed by atoms with van der Waals surface area (Å²) in [6, 6.07) is 7.85. The number of carbonyl (C=O) groups excluding carboxylic acids is 2. The molecule has 0 spiro atoms. The average Bonchev–Trinajstić information content (AvgIpc) is 2.88. The molecule has 4 rings (SSSR count). The zero-order valence-corrected chi connectivity index (χ0v) is 21.6. The first-order chi connectivity index (χ1) is 17.0. The third-order valence-electron chi connectivity index (χ3n) is 8.32. The molecule has 1 unspecified atom stereocenters. The van der Waals surface area contributed by atoms with Crippen LogP contribution in [0.25, 0.3) is 0 Å². The quantitative estimate of drug-likeness (QED) is 0.329. The summed E-state index contributed by atoms with van der Waals surface area (Å²) < 4.78 is 5.49. The van der Waals surface area contributed by atoms with E-state index in [1.54, 1.807) is 6.07 Å². The first-order valence-electron chi connectivity index (χ1n) is 14.1. The molecule has 1 aromatic rings. The molecule has 0 aliphatic heterocycles. The first kappa shape index (κ1) is 25.8. The number of nitrogens with zero attached hydrogens (tertiary/aromatic N) is 1. The summed E-state index contributed by atoms with van der Waals surface area (Å²) in [7, 11) is 0. The Hall–Kier alpha value is -2.30. The Labute approximate surface area is 211 Å². The van der Waals surface area contributed by atoms with Crippen molar-refractivity contribution in [3.8, 4) is 5.75 Å². The molecule has 1 N–H and O–H groups in total. The largest absolute Gasteiger partial charge is 0.426 e. The number of ether oxygens (including phenoxy) is 1. The van der Waals surface area contributed by atoms with Crippen LogP contribution in [0.1, 0.15) is 114 Å². The van der Waals surface area contributed by atoms with Crippen LogP contribution in [0.3, 0.4) is 0 Å². The van der Waals surface area contributed by atoms with Gasteiger partial charge in [-0.1, -0.05) is 76.5 Å². The zero-order valence-electron chi connectivity index (χ0n) is 21.6. The third kappa shape index (κ3) is 6.68. The highest BCUT2D eigenvalue weighted by Gasteiger charge is 2.40. The summed E-state index contributed by atoms with van der Waals surface area (Å²) in [4.78, 5) is 28.4. The van der Waals surface area contributed by atoms with Crippen molar-refractivity contribution in [1.82, 2.24) is 10.2 Å². The first-order valence-corrected chi connectivity index (χ1v) is 14.1. The summed E-state index contributed by atoms with van der Waals surface area (Å²) >= 11 is 0. The maximum atomic E-state index is 14.4. The van der Waals surface area contributed by atoms with Crippen LogP contribution in [0.2, 0.25) is 0 Å². The van der Waals surface area contributed by atoms with Gasteiger partial charge in [0.1, 0.15) is 5.75 Å². The highest BCUT2D eigenvalue weighted by Crippen LogP contribution is 2.37. The van der Waals surface area contributed by atoms with Crippen LogP contribution < -0.4 is 10.1 Å². The predicted molar refractivity (Wildman–Crippen MR) is 140 cm³/mol. The Kier molecular flexibility index (Phi) is 9.28. The van der Waals surface area contributed by atoms with Crippen molar-refractivity contribution in [2.75, 3.05) is 0 Å². The summed E-state index contributed by atoms with van der Waals surface area (Å²) in [6.07, 6.45) is 17.8. The van der Waals surface area contributed by atoms with E-state index in [4.69, 9.17) is 4.74 Å². The van der Waals surface area contributed by atoms with Gasteiger partial charge in [-0.3, -0.25) is 9.59 Å². The molecule has 0 radical (unpaired) electrons. The van der Waals surface area contributed by atoms with Gasteiger partial charge in [0.05, 0.1) is 11.6 Å². The number of benzene rings is 1. The third-order valence-corrected chi connectivity index (χ3v) is 8.32. The maximum Gasteiger partial charge on any atom is 0.308 e. The van der Waals surface area contributed by atoms with Gasteiger partial charge in [-0.15, -0.1) is 0 Å². The van der Waals surface area contributed by atoms with E-state index in [-0.39, 0.29) is 18.0 Å². The second kappa shape index (κ2) is 12.6. The number of hydrogen-bond donors (Lipinski definition) is 1. The molecular weight excluding hydrogens is 436 g/mol. The van der Waals surface area contributed by atoms with Gasteiger partial charge in [0.15, 0.2) is 0 Å². The molecule has 1 atom stereocenters. The Balaban J connectivity index is 1.69. The van der Waals surface area contributed by atoms with E-state index in [2.05, 4.69) is 16.8 Å². The number of hydrogen-bond acceptors (Lipinski definition) is 4. The van der Waals surface area contributed by atoms with Gasteiger partial charge < -0.3 is 15.0 Å². The van der Waals surface area contributed by atoms with Gasteiger partial charge in [0, 0.05) is 24.7 Å². The molecule has 35 heavy (non-hydrogen) atoms. The molecule has 0 aromatic heterocycles. The van der Waals surface area contributed by atoms with E-state index in [0.29, 0.717) is 23.3 Å².